The summed E-state index contributed by atoms with van der Waals surface area (Å²) in [5.41, 5.74) is 7.54. The van der Waals surface area contributed by atoms with E-state index in [-0.39, 0.29) is 17.4 Å². The monoisotopic (exact) mass is 290 g/mol. The van der Waals surface area contributed by atoms with Gasteiger partial charge in [-0.3, -0.25) is 4.79 Å². The van der Waals surface area contributed by atoms with Crippen molar-refractivity contribution >= 4 is 23.1 Å². The van der Waals surface area contributed by atoms with E-state index in [0.717, 1.165) is 30.5 Å². The Bertz CT molecular complexity index is 534. The van der Waals surface area contributed by atoms with Crippen LogP contribution >= 0.6 is 12.2 Å². The van der Waals surface area contributed by atoms with Gasteiger partial charge in [0.2, 0.25) is 0 Å². The Labute approximate surface area is 126 Å². The van der Waals surface area contributed by atoms with Crippen LogP contribution in [0.15, 0.2) is 24.3 Å². The molecule has 1 aromatic carbocycles. The minimum absolute atomic E-state index is 0.0471. The Morgan fingerprint density at radius 2 is 2.00 bits per heavy atom. The second-order valence-electron chi connectivity index (χ2n) is 6.35. The lowest BCUT2D eigenvalue weighted by atomic mass is 9.83. The van der Waals surface area contributed by atoms with Crippen molar-refractivity contribution < 1.29 is 4.79 Å². The molecule has 20 heavy (non-hydrogen) atoms. The van der Waals surface area contributed by atoms with Crippen LogP contribution in [0.25, 0.3) is 0 Å². The van der Waals surface area contributed by atoms with Crippen molar-refractivity contribution in [2.75, 3.05) is 6.54 Å². The zero-order valence-electron chi connectivity index (χ0n) is 12.3. The van der Waals surface area contributed by atoms with Crippen LogP contribution in [0.1, 0.15) is 49.5 Å². The fourth-order valence-electron chi connectivity index (χ4n) is 2.78. The number of benzene rings is 1. The maximum Gasteiger partial charge on any atom is 0.254 e. The number of likely N-dealkylation sites (tertiary alicyclic amines) is 1. The van der Waals surface area contributed by atoms with Gasteiger partial charge in [0.15, 0.2) is 0 Å². The van der Waals surface area contributed by atoms with Gasteiger partial charge in [-0.2, -0.15) is 0 Å². The summed E-state index contributed by atoms with van der Waals surface area (Å²) in [6.07, 6.45) is 1.84. The molecule has 1 fully saturated rings. The number of amides is 1. The second-order valence-corrected chi connectivity index (χ2v) is 6.83. The summed E-state index contributed by atoms with van der Waals surface area (Å²) in [4.78, 5) is 15.1. The predicted octanol–water partition coefficient (Wildman–Crippen LogP) is 2.87. The molecule has 1 atom stereocenters. The molecule has 0 saturated carbocycles. The van der Waals surface area contributed by atoms with E-state index in [1.165, 1.54) is 0 Å². The van der Waals surface area contributed by atoms with Crippen LogP contribution in [-0.2, 0) is 5.41 Å². The molecule has 0 aromatic heterocycles. The lowest BCUT2D eigenvalue weighted by Crippen LogP contribution is -2.43. The molecule has 1 aliphatic heterocycles. The lowest BCUT2D eigenvalue weighted by molar-refractivity contribution is 0.0768. The third-order valence-electron chi connectivity index (χ3n) is 3.81. The first-order valence-electron chi connectivity index (χ1n) is 7.02. The molecule has 2 rings (SSSR count). The van der Waals surface area contributed by atoms with Crippen LogP contribution in [-0.4, -0.2) is 28.4 Å². The molecule has 0 radical (unpaired) electrons. The summed E-state index contributed by atoms with van der Waals surface area (Å²) in [6.45, 7) is 7.09. The van der Waals surface area contributed by atoms with Crippen LogP contribution in [0, 0.1) is 0 Å². The molecule has 1 aliphatic rings. The molecule has 1 aromatic rings. The zero-order valence-corrected chi connectivity index (χ0v) is 13.2. The Hall–Kier alpha value is -1.42. The van der Waals surface area contributed by atoms with E-state index in [0.29, 0.717) is 4.99 Å². The van der Waals surface area contributed by atoms with Gasteiger partial charge in [0.25, 0.3) is 5.91 Å². The highest BCUT2D eigenvalue weighted by Gasteiger charge is 2.33. The number of hydrogen-bond donors (Lipinski definition) is 1. The summed E-state index contributed by atoms with van der Waals surface area (Å²) in [5, 5.41) is 0. The van der Waals surface area contributed by atoms with Crippen molar-refractivity contribution in [3.63, 3.8) is 0 Å². The van der Waals surface area contributed by atoms with Gasteiger partial charge in [-0.25, -0.2) is 0 Å². The Morgan fingerprint density at radius 1 is 1.35 bits per heavy atom. The number of nitrogens with two attached hydrogens (primary N) is 1. The summed E-state index contributed by atoms with van der Waals surface area (Å²) in [7, 11) is 0. The van der Waals surface area contributed by atoms with Gasteiger partial charge in [-0.05, 0) is 29.9 Å². The molecular formula is C16H22N2OS. The average molecular weight is 290 g/mol. The first-order valence-corrected chi connectivity index (χ1v) is 7.43. The highest BCUT2D eigenvalue weighted by molar-refractivity contribution is 7.80. The molecule has 4 heteroatoms. The zero-order chi connectivity index (χ0) is 14.9. The molecule has 0 bridgehead atoms. The van der Waals surface area contributed by atoms with Crippen molar-refractivity contribution in [2.24, 2.45) is 5.73 Å². The van der Waals surface area contributed by atoms with Crippen LogP contribution in [0.3, 0.4) is 0 Å². The highest BCUT2D eigenvalue weighted by Crippen LogP contribution is 2.28. The van der Waals surface area contributed by atoms with Gasteiger partial charge in [0, 0.05) is 12.1 Å². The van der Waals surface area contributed by atoms with Gasteiger partial charge in [-0.1, -0.05) is 51.2 Å². The smallest absolute Gasteiger partial charge is 0.254 e. The van der Waals surface area contributed by atoms with Crippen LogP contribution in [0.5, 0.6) is 0 Å². The van der Waals surface area contributed by atoms with Gasteiger partial charge in [0.1, 0.15) is 0 Å². The summed E-state index contributed by atoms with van der Waals surface area (Å²) < 4.78 is 0. The summed E-state index contributed by atoms with van der Waals surface area (Å²) >= 11 is 5.09. The quantitative estimate of drug-likeness (QED) is 0.852. The van der Waals surface area contributed by atoms with Gasteiger partial charge < -0.3 is 10.6 Å². The molecule has 0 aliphatic carbocycles. The Kier molecular flexibility index (Phi) is 4.14. The van der Waals surface area contributed by atoms with E-state index in [9.17, 15) is 4.79 Å². The minimum Gasteiger partial charge on any atom is -0.392 e. The van der Waals surface area contributed by atoms with Crippen molar-refractivity contribution in [1.29, 1.82) is 0 Å². The number of nitrogens with zero attached hydrogens (tertiary/aromatic N) is 1. The van der Waals surface area contributed by atoms with Gasteiger partial charge in [0.05, 0.1) is 11.0 Å². The summed E-state index contributed by atoms with van der Waals surface area (Å²) in [6, 6.07) is 7.73. The van der Waals surface area contributed by atoms with Crippen molar-refractivity contribution in [3.8, 4) is 0 Å². The fourth-order valence-corrected chi connectivity index (χ4v) is 3.03. The first kappa shape index (κ1) is 15.0. The first-order chi connectivity index (χ1) is 9.32. The van der Waals surface area contributed by atoms with Crippen molar-refractivity contribution in [3.05, 3.63) is 35.4 Å². The standard InChI is InChI=1S/C16H22N2OS/c1-16(2,3)12-8-5-4-7-11(12)15(19)18-10-6-9-13(18)14(17)20/h4-5,7-8,13H,6,9-10H2,1-3H3,(H2,17,20). The van der Waals surface area contributed by atoms with Crippen LogP contribution < -0.4 is 5.73 Å². The predicted molar refractivity (Wildman–Crippen MR) is 86.0 cm³/mol. The number of carbonyl (C=O) groups excluding carboxylic acids is 1. The molecular weight excluding hydrogens is 268 g/mol. The molecule has 1 amide bonds. The number of thiocarbonyl (C=S) groups is 1. The molecule has 1 unspecified atom stereocenters. The topological polar surface area (TPSA) is 46.3 Å². The lowest BCUT2D eigenvalue weighted by Gasteiger charge is -2.28. The highest BCUT2D eigenvalue weighted by atomic mass is 32.1. The Balaban J connectivity index is 2.37. The maximum atomic E-state index is 12.8. The number of hydrogen-bond acceptors (Lipinski definition) is 2. The molecule has 1 heterocycles. The van der Waals surface area contributed by atoms with E-state index in [1.54, 1.807) is 0 Å². The third kappa shape index (κ3) is 2.85. The maximum absolute atomic E-state index is 12.8. The Morgan fingerprint density at radius 3 is 2.60 bits per heavy atom. The second kappa shape index (κ2) is 5.52. The van der Waals surface area contributed by atoms with E-state index in [4.69, 9.17) is 18.0 Å². The van der Waals surface area contributed by atoms with E-state index < -0.39 is 0 Å². The number of carbonyl (C=O) groups is 1. The third-order valence-corrected chi connectivity index (χ3v) is 4.08. The fraction of sp³-hybridized carbons (Fsp3) is 0.500. The van der Waals surface area contributed by atoms with Crippen LogP contribution in [0.4, 0.5) is 0 Å². The van der Waals surface area contributed by atoms with Gasteiger partial charge in [-0.15, -0.1) is 0 Å². The normalized spacial score (nSPS) is 19.1. The van der Waals surface area contributed by atoms with Crippen molar-refractivity contribution in [2.45, 2.75) is 45.1 Å². The molecule has 3 nitrogen and oxygen atoms in total. The molecule has 1 saturated heterocycles. The average Bonchev–Trinajstić information content (AvgIpc) is 2.86. The van der Waals surface area contributed by atoms with Gasteiger partial charge >= 0.3 is 0 Å². The summed E-state index contributed by atoms with van der Waals surface area (Å²) in [5.74, 6) is 0.0471. The van der Waals surface area contributed by atoms with Crippen molar-refractivity contribution in [1.82, 2.24) is 4.90 Å². The van der Waals surface area contributed by atoms with E-state index in [1.807, 2.05) is 29.2 Å². The molecule has 2 N–H and O–H groups in total. The SMILES string of the molecule is CC(C)(C)c1ccccc1C(=O)N1CCCC1C(N)=S. The van der Waals surface area contributed by atoms with Crippen LogP contribution in [0.2, 0.25) is 0 Å². The molecule has 108 valence electrons. The largest absolute Gasteiger partial charge is 0.392 e. The van der Waals surface area contributed by atoms with E-state index >= 15 is 0 Å². The molecule has 0 spiro atoms. The van der Waals surface area contributed by atoms with E-state index in [2.05, 4.69) is 20.8 Å². The number of rotatable bonds is 2. The minimum atomic E-state index is -0.0921.